The number of rotatable bonds is 8. The first-order valence-electron chi connectivity index (χ1n) is 10.3. The maximum atomic E-state index is 13.1. The Labute approximate surface area is 203 Å². The molecule has 1 fully saturated rings. The number of likely N-dealkylation sites (tertiary alicyclic amines) is 1. The van der Waals surface area contributed by atoms with Crippen molar-refractivity contribution in [2.75, 3.05) is 46.4 Å². The van der Waals surface area contributed by atoms with Gasteiger partial charge in [-0.15, -0.1) is 0 Å². The Morgan fingerprint density at radius 2 is 1.70 bits per heavy atom. The Morgan fingerprint density at radius 1 is 1.09 bits per heavy atom. The molecular weight excluding hydrogens is 467 g/mol. The van der Waals surface area contributed by atoms with Crippen LogP contribution in [0.25, 0.3) is 5.76 Å². The number of carbonyl (C=O) groups excluding carboxylic acids is 2. The predicted molar refractivity (Wildman–Crippen MR) is 129 cm³/mol. The van der Waals surface area contributed by atoms with Crippen molar-refractivity contribution in [2.24, 2.45) is 0 Å². The van der Waals surface area contributed by atoms with Gasteiger partial charge in [-0.25, -0.2) is 0 Å². The van der Waals surface area contributed by atoms with Crippen molar-refractivity contribution < 1.29 is 24.2 Å². The molecule has 7 nitrogen and oxygen atoms in total. The number of hydrogen-bond acceptors (Lipinski definition) is 6. The highest BCUT2D eigenvalue weighted by atomic mass is 35.5. The number of Topliss-reactive ketones (excluding diaryl/α,β-unsaturated/α-hetero) is 1. The highest BCUT2D eigenvalue weighted by Gasteiger charge is 2.45. The second kappa shape index (κ2) is 10.5. The number of methoxy groups -OCH3 is 2. The van der Waals surface area contributed by atoms with Crippen molar-refractivity contribution in [3.63, 3.8) is 0 Å². The van der Waals surface area contributed by atoms with Crippen LogP contribution in [0.4, 0.5) is 5.69 Å². The van der Waals surface area contributed by atoms with Crippen LogP contribution < -0.4 is 9.64 Å². The van der Waals surface area contributed by atoms with Gasteiger partial charge >= 0.3 is 0 Å². The molecule has 3 rings (SSSR count). The van der Waals surface area contributed by atoms with Gasteiger partial charge in [0, 0.05) is 45.6 Å². The third-order valence-corrected chi connectivity index (χ3v) is 6.05. The fourth-order valence-electron chi connectivity index (χ4n) is 3.84. The lowest BCUT2D eigenvalue weighted by Gasteiger charge is -2.26. The molecule has 0 saturated carbocycles. The molecule has 1 saturated heterocycles. The molecule has 9 heteroatoms. The number of anilines is 1. The number of nitrogens with zero attached hydrogens (tertiary/aromatic N) is 2. The second-order valence-electron chi connectivity index (χ2n) is 7.80. The molecule has 1 unspecified atom stereocenters. The molecule has 1 aliphatic heterocycles. The van der Waals surface area contributed by atoms with Crippen molar-refractivity contribution in [1.29, 1.82) is 0 Å². The SMILES string of the molecule is COCCCN1C(=O)C(=O)/C(=C(/O)c2cc(Cl)c(OC)c(Cl)c2)C1c1ccc(N(C)C)cc1. The molecule has 0 aliphatic carbocycles. The van der Waals surface area contributed by atoms with Crippen LogP contribution in [0.3, 0.4) is 0 Å². The minimum Gasteiger partial charge on any atom is -0.507 e. The number of hydrogen-bond donors (Lipinski definition) is 1. The molecule has 0 radical (unpaired) electrons. The molecule has 1 heterocycles. The molecule has 2 aromatic rings. The summed E-state index contributed by atoms with van der Waals surface area (Å²) in [6, 6.07) is 9.61. The maximum absolute atomic E-state index is 13.1. The third kappa shape index (κ3) is 4.95. The van der Waals surface area contributed by atoms with Crippen molar-refractivity contribution in [3.05, 3.63) is 63.1 Å². The molecule has 0 bridgehead atoms. The highest BCUT2D eigenvalue weighted by Crippen LogP contribution is 2.42. The lowest BCUT2D eigenvalue weighted by Crippen LogP contribution is -2.31. The fourth-order valence-corrected chi connectivity index (χ4v) is 4.48. The Kier molecular flexibility index (Phi) is 7.89. The van der Waals surface area contributed by atoms with Crippen molar-refractivity contribution in [2.45, 2.75) is 12.5 Å². The van der Waals surface area contributed by atoms with Crippen LogP contribution in [0, 0.1) is 0 Å². The summed E-state index contributed by atoms with van der Waals surface area (Å²) < 4.78 is 10.3. The molecule has 33 heavy (non-hydrogen) atoms. The van der Waals surface area contributed by atoms with Crippen LogP contribution in [-0.4, -0.2) is 63.2 Å². The number of aliphatic hydroxyl groups excluding tert-OH is 1. The average Bonchev–Trinajstić information content (AvgIpc) is 3.03. The van der Waals surface area contributed by atoms with Gasteiger partial charge in [0.1, 0.15) is 5.76 Å². The van der Waals surface area contributed by atoms with E-state index < -0.39 is 17.7 Å². The van der Waals surface area contributed by atoms with E-state index in [0.717, 1.165) is 5.69 Å². The first-order chi connectivity index (χ1) is 15.7. The van der Waals surface area contributed by atoms with E-state index in [2.05, 4.69) is 0 Å². The molecular formula is C24H26Cl2N2O5. The number of ketones is 1. The van der Waals surface area contributed by atoms with Crippen LogP contribution in [0.2, 0.25) is 10.0 Å². The van der Waals surface area contributed by atoms with E-state index in [1.165, 1.54) is 24.1 Å². The van der Waals surface area contributed by atoms with E-state index in [0.29, 0.717) is 25.1 Å². The normalized spacial score (nSPS) is 17.5. The first kappa shape index (κ1) is 24.9. The van der Waals surface area contributed by atoms with E-state index >= 15 is 0 Å². The van der Waals surface area contributed by atoms with Crippen LogP contribution in [0.5, 0.6) is 5.75 Å². The fraction of sp³-hybridized carbons (Fsp3) is 0.333. The summed E-state index contributed by atoms with van der Waals surface area (Å²) in [5, 5.41) is 11.5. The third-order valence-electron chi connectivity index (χ3n) is 5.49. The van der Waals surface area contributed by atoms with Gasteiger partial charge in [0.05, 0.1) is 28.8 Å². The average molecular weight is 493 g/mol. The number of ether oxygens (including phenoxy) is 2. The summed E-state index contributed by atoms with van der Waals surface area (Å²) in [6.45, 7) is 0.721. The zero-order valence-electron chi connectivity index (χ0n) is 18.9. The Bertz CT molecular complexity index is 1060. The zero-order chi connectivity index (χ0) is 24.3. The minimum absolute atomic E-state index is 0.0210. The van der Waals surface area contributed by atoms with Crippen LogP contribution >= 0.6 is 23.2 Å². The maximum Gasteiger partial charge on any atom is 0.295 e. The lowest BCUT2D eigenvalue weighted by molar-refractivity contribution is -0.140. The zero-order valence-corrected chi connectivity index (χ0v) is 20.4. The van der Waals surface area contributed by atoms with Gasteiger partial charge in [-0.1, -0.05) is 35.3 Å². The lowest BCUT2D eigenvalue weighted by atomic mass is 9.95. The quantitative estimate of drug-likeness (QED) is 0.252. The molecule has 1 amide bonds. The van der Waals surface area contributed by atoms with Crippen molar-refractivity contribution in [1.82, 2.24) is 4.90 Å². The van der Waals surface area contributed by atoms with Gasteiger partial charge in [0.15, 0.2) is 5.75 Å². The number of halogens is 2. The van der Waals surface area contributed by atoms with Gasteiger partial charge < -0.3 is 24.4 Å². The van der Waals surface area contributed by atoms with Crippen LogP contribution in [0.1, 0.15) is 23.6 Å². The summed E-state index contributed by atoms with van der Waals surface area (Å²) in [7, 11) is 6.84. The molecule has 1 N–H and O–H groups in total. The number of benzene rings is 2. The smallest absolute Gasteiger partial charge is 0.295 e. The molecule has 0 spiro atoms. The van der Waals surface area contributed by atoms with Gasteiger partial charge in [0.25, 0.3) is 11.7 Å². The Morgan fingerprint density at radius 3 is 2.21 bits per heavy atom. The van der Waals surface area contributed by atoms with Gasteiger partial charge in [-0.2, -0.15) is 0 Å². The van der Waals surface area contributed by atoms with Gasteiger partial charge in [-0.3, -0.25) is 9.59 Å². The number of aliphatic hydroxyl groups is 1. The Hall–Kier alpha value is -2.74. The molecule has 176 valence electrons. The standard InChI is InChI=1S/C24H26Cl2N2O5/c1-27(2)16-8-6-14(7-9-16)20-19(22(30)24(31)28(20)10-5-11-32-3)21(29)15-12-17(25)23(33-4)18(26)13-15/h6-9,12-13,20,29H,5,10-11H2,1-4H3/b21-19+. The largest absolute Gasteiger partial charge is 0.507 e. The van der Waals surface area contributed by atoms with E-state index in [4.69, 9.17) is 32.7 Å². The summed E-state index contributed by atoms with van der Waals surface area (Å²) >= 11 is 12.5. The van der Waals surface area contributed by atoms with Crippen molar-refractivity contribution >= 4 is 46.3 Å². The second-order valence-corrected chi connectivity index (χ2v) is 8.61. The van der Waals surface area contributed by atoms with E-state index in [9.17, 15) is 14.7 Å². The topological polar surface area (TPSA) is 79.3 Å². The molecule has 2 aromatic carbocycles. The Balaban J connectivity index is 2.15. The van der Waals surface area contributed by atoms with Crippen molar-refractivity contribution in [3.8, 4) is 5.75 Å². The van der Waals surface area contributed by atoms with E-state index in [-0.39, 0.29) is 32.7 Å². The minimum atomic E-state index is -0.769. The first-order valence-corrected chi connectivity index (χ1v) is 11.0. The summed E-state index contributed by atoms with van der Waals surface area (Å²) in [4.78, 5) is 29.4. The summed E-state index contributed by atoms with van der Waals surface area (Å²) in [6.07, 6.45) is 0.538. The van der Waals surface area contributed by atoms with Crippen LogP contribution in [0.15, 0.2) is 42.0 Å². The predicted octanol–water partition coefficient (Wildman–Crippen LogP) is 4.53. The number of amides is 1. The van der Waals surface area contributed by atoms with E-state index in [1.807, 2.05) is 43.3 Å². The summed E-state index contributed by atoms with van der Waals surface area (Å²) in [5.74, 6) is -1.55. The monoisotopic (exact) mass is 492 g/mol. The van der Waals surface area contributed by atoms with E-state index in [1.54, 1.807) is 7.11 Å². The van der Waals surface area contributed by atoms with Gasteiger partial charge in [-0.05, 0) is 36.2 Å². The molecule has 0 aromatic heterocycles. The summed E-state index contributed by atoms with van der Waals surface area (Å²) in [5.41, 5.74) is 1.86. The van der Waals surface area contributed by atoms with Gasteiger partial charge in [0.2, 0.25) is 0 Å². The molecule has 1 atom stereocenters. The molecule has 1 aliphatic rings. The highest BCUT2D eigenvalue weighted by molar-refractivity contribution is 6.46. The number of carbonyl (C=O) groups is 2. The van der Waals surface area contributed by atoms with Crippen LogP contribution in [-0.2, 0) is 14.3 Å².